The van der Waals surface area contributed by atoms with Crippen molar-refractivity contribution in [2.24, 2.45) is 0 Å². The molecule has 1 aliphatic carbocycles. The zero-order valence-corrected chi connectivity index (χ0v) is 19.9. The molecule has 36 heavy (non-hydrogen) atoms. The van der Waals surface area contributed by atoms with Gasteiger partial charge in [-0.1, -0.05) is 72.8 Å². The summed E-state index contributed by atoms with van der Waals surface area (Å²) in [7, 11) is 0. The smallest absolute Gasteiger partial charge is 0.336 e. The van der Waals surface area contributed by atoms with E-state index in [1.165, 1.54) is 0 Å². The van der Waals surface area contributed by atoms with Crippen LogP contribution in [-0.2, 0) is 15.0 Å². The van der Waals surface area contributed by atoms with Crippen LogP contribution >= 0.6 is 0 Å². The van der Waals surface area contributed by atoms with Crippen LogP contribution in [0.1, 0.15) is 33.4 Å². The van der Waals surface area contributed by atoms with E-state index in [1.54, 1.807) is 12.1 Å². The van der Waals surface area contributed by atoms with E-state index in [0.717, 1.165) is 56.7 Å². The number of carbonyl (C=O) groups is 2. The Labute approximate surface area is 208 Å². The van der Waals surface area contributed by atoms with Crippen LogP contribution in [0.3, 0.4) is 0 Å². The first-order valence-electron chi connectivity index (χ1n) is 11.6. The van der Waals surface area contributed by atoms with E-state index in [1.807, 2.05) is 62.4 Å². The average Bonchev–Trinajstić information content (AvgIpc) is 3.17. The molecule has 0 aliphatic heterocycles. The van der Waals surface area contributed by atoms with E-state index in [9.17, 15) is 14.7 Å². The summed E-state index contributed by atoms with van der Waals surface area (Å²) in [4.78, 5) is 22.8. The molecule has 5 heteroatoms. The Morgan fingerprint density at radius 3 is 1.86 bits per heavy atom. The number of phenolic OH excluding ortho intramolecular Hbond substituents is 1. The van der Waals surface area contributed by atoms with Crippen molar-refractivity contribution in [2.75, 3.05) is 0 Å². The third-order valence-electron chi connectivity index (χ3n) is 6.76. The fourth-order valence-corrected chi connectivity index (χ4v) is 5.19. The zero-order valence-electron chi connectivity index (χ0n) is 19.9. The second kappa shape index (κ2) is 8.86. The molecule has 0 saturated heterocycles. The molecule has 0 fully saturated rings. The number of carboxylic acid groups (broad SMARTS) is 1. The molecule has 0 aromatic heterocycles. The van der Waals surface area contributed by atoms with Gasteiger partial charge < -0.3 is 14.9 Å². The number of ether oxygens (including phenoxy) is 1. The van der Waals surface area contributed by atoms with E-state index < -0.39 is 17.4 Å². The van der Waals surface area contributed by atoms with E-state index in [-0.39, 0.29) is 5.75 Å². The fourth-order valence-electron chi connectivity index (χ4n) is 5.19. The standard InChI is InChI=1S/C31H24O5/c1-19-17-21(11-13-27(19)32)31(25-9-5-3-7-23(25)24-8-4-6-10-26(24)31)22-12-14-28(20(2)18-22)36-30(35)16-15-29(33)34/h3-18,32H,1-2H3,(H,33,34). The van der Waals surface area contributed by atoms with Gasteiger partial charge in [0.15, 0.2) is 0 Å². The quantitative estimate of drug-likeness (QED) is 0.187. The summed E-state index contributed by atoms with van der Waals surface area (Å²) >= 11 is 0. The predicted molar refractivity (Wildman–Crippen MR) is 137 cm³/mol. The van der Waals surface area contributed by atoms with Gasteiger partial charge in [0.25, 0.3) is 0 Å². The first kappa shape index (κ1) is 23.1. The van der Waals surface area contributed by atoms with Crippen LogP contribution in [0.15, 0.2) is 97.1 Å². The van der Waals surface area contributed by atoms with Crippen molar-refractivity contribution in [1.29, 1.82) is 0 Å². The van der Waals surface area contributed by atoms with Gasteiger partial charge in [-0.2, -0.15) is 0 Å². The number of hydrogen-bond donors (Lipinski definition) is 2. The minimum absolute atomic E-state index is 0.237. The minimum atomic E-state index is -1.22. The molecule has 4 aromatic rings. The first-order valence-corrected chi connectivity index (χ1v) is 11.6. The highest BCUT2D eigenvalue weighted by Gasteiger charge is 2.46. The van der Waals surface area contributed by atoms with Crippen molar-refractivity contribution in [1.82, 2.24) is 0 Å². The molecule has 178 valence electrons. The number of rotatable bonds is 5. The normalized spacial score (nSPS) is 13.3. The molecule has 0 atom stereocenters. The molecule has 0 amide bonds. The van der Waals surface area contributed by atoms with Crippen molar-refractivity contribution in [2.45, 2.75) is 19.3 Å². The second-order valence-corrected chi connectivity index (χ2v) is 8.92. The lowest BCUT2D eigenvalue weighted by atomic mass is 9.67. The van der Waals surface area contributed by atoms with Crippen LogP contribution in [0.4, 0.5) is 0 Å². The Hall–Kier alpha value is -4.64. The number of carboxylic acids is 1. The number of carbonyl (C=O) groups excluding carboxylic acids is 1. The minimum Gasteiger partial charge on any atom is -0.508 e. The van der Waals surface area contributed by atoms with Crippen LogP contribution in [0, 0.1) is 13.8 Å². The Bertz CT molecular complexity index is 1500. The number of benzene rings is 4. The van der Waals surface area contributed by atoms with Crippen LogP contribution in [0.5, 0.6) is 11.5 Å². The summed E-state index contributed by atoms with van der Waals surface area (Å²) in [5, 5.41) is 19.0. The van der Waals surface area contributed by atoms with Gasteiger partial charge in [-0.25, -0.2) is 9.59 Å². The molecular weight excluding hydrogens is 452 g/mol. The Balaban J connectivity index is 1.74. The molecule has 0 bridgehead atoms. The molecule has 5 rings (SSSR count). The summed E-state index contributed by atoms with van der Waals surface area (Å²) < 4.78 is 5.40. The Morgan fingerprint density at radius 2 is 1.31 bits per heavy atom. The zero-order chi connectivity index (χ0) is 25.4. The van der Waals surface area contributed by atoms with Crippen molar-refractivity contribution >= 4 is 11.9 Å². The highest BCUT2D eigenvalue weighted by Crippen LogP contribution is 2.56. The van der Waals surface area contributed by atoms with Gasteiger partial charge in [0.05, 0.1) is 5.41 Å². The highest BCUT2D eigenvalue weighted by molar-refractivity contribution is 5.92. The van der Waals surface area contributed by atoms with Crippen molar-refractivity contribution in [3.05, 3.63) is 130 Å². The first-order chi connectivity index (χ1) is 17.3. The van der Waals surface area contributed by atoms with Crippen molar-refractivity contribution in [3.63, 3.8) is 0 Å². The second-order valence-electron chi connectivity index (χ2n) is 8.92. The van der Waals surface area contributed by atoms with Crippen LogP contribution in [0.2, 0.25) is 0 Å². The molecule has 0 radical (unpaired) electrons. The number of phenols is 1. The molecular formula is C31H24O5. The van der Waals surface area contributed by atoms with Gasteiger partial charge >= 0.3 is 11.9 Å². The molecule has 0 heterocycles. The maximum absolute atomic E-state index is 12.1. The fraction of sp³-hybridized carbons (Fsp3) is 0.0968. The molecule has 0 spiro atoms. The lowest BCUT2D eigenvalue weighted by Gasteiger charge is -2.34. The molecule has 4 aromatic carbocycles. The highest BCUT2D eigenvalue weighted by atomic mass is 16.5. The van der Waals surface area contributed by atoms with Crippen LogP contribution in [-0.4, -0.2) is 22.2 Å². The maximum Gasteiger partial charge on any atom is 0.336 e. The van der Waals surface area contributed by atoms with Gasteiger partial charge in [0, 0.05) is 12.2 Å². The van der Waals surface area contributed by atoms with E-state index in [2.05, 4.69) is 24.3 Å². The topological polar surface area (TPSA) is 83.8 Å². The SMILES string of the molecule is Cc1cc(C2(c3ccc(OC(=O)C=CC(=O)O)c(C)c3)c3ccccc3-c3ccccc32)ccc1O. The number of aliphatic carboxylic acids is 1. The Kier molecular flexibility index (Phi) is 5.69. The van der Waals surface area contributed by atoms with E-state index in [0.29, 0.717) is 5.75 Å². The molecule has 1 aliphatic rings. The van der Waals surface area contributed by atoms with Gasteiger partial charge in [0.2, 0.25) is 0 Å². The molecule has 5 nitrogen and oxygen atoms in total. The Morgan fingerprint density at radius 1 is 0.750 bits per heavy atom. The van der Waals surface area contributed by atoms with Gasteiger partial charge in [-0.3, -0.25) is 0 Å². The van der Waals surface area contributed by atoms with Gasteiger partial charge in [-0.05, 0) is 70.5 Å². The summed E-state index contributed by atoms with van der Waals surface area (Å²) in [5.41, 5.74) is 7.42. The number of fused-ring (bicyclic) bond motifs is 3. The lowest BCUT2D eigenvalue weighted by Crippen LogP contribution is -2.28. The predicted octanol–water partition coefficient (Wildman–Crippen LogP) is 5.92. The average molecular weight is 477 g/mol. The summed E-state index contributed by atoms with van der Waals surface area (Å²) in [5.74, 6) is -1.38. The van der Waals surface area contributed by atoms with E-state index >= 15 is 0 Å². The van der Waals surface area contributed by atoms with Crippen LogP contribution in [0.25, 0.3) is 11.1 Å². The van der Waals surface area contributed by atoms with Crippen molar-refractivity contribution < 1.29 is 24.5 Å². The lowest BCUT2D eigenvalue weighted by molar-refractivity contribution is -0.133. The monoisotopic (exact) mass is 476 g/mol. The number of aromatic hydroxyl groups is 1. The van der Waals surface area contributed by atoms with Crippen LogP contribution < -0.4 is 4.74 Å². The summed E-state index contributed by atoms with van der Waals surface area (Å²) in [6, 6.07) is 28.1. The summed E-state index contributed by atoms with van der Waals surface area (Å²) in [6.07, 6.45) is 1.64. The number of hydrogen-bond acceptors (Lipinski definition) is 4. The van der Waals surface area contributed by atoms with Gasteiger partial charge in [0.1, 0.15) is 11.5 Å². The number of esters is 1. The number of aryl methyl sites for hydroxylation is 2. The van der Waals surface area contributed by atoms with Gasteiger partial charge in [-0.15, -0.1) is 0 Å². The largest absolute Gasteiger partial charge is 0.508 e. The molecule has 0 saturated carbocycles. The molecule has 0 unspecified atom stereocenters. The summed E-state index contributed by atoms with van der Waals surface area (Å²) in [6.45, 7) is 3.74. The molecule has 2 N–H and O–H groups in total. The third-order valence-corrected chi connectivity index (χ3v) is 6.76. The van der Waals surface area contributed by atoms with E-state index in [4.69, 9.17) is 9.84 Å². The van der Waals surface area contributed by atoms with Crippen molar-refractivity contribution in [3.8, 4) is 22.6 Å². The maximum atomic E-state index is 12.1. The third kappa shape index (κ3) is 3.66.